The van der Waals surface area contributed by atoms with Crippen LogP contribution in [0.25, 0.3) is 11.3 Å². The molecule has 0 atom stereocenters. The number of aromatic hydroxyl groups is 1. The van der Waals surface area contributed by atoms with E-state index in [0.717, 1.165) is 22.8 Å². The summed E-state index contributed by atoms with van der Waals surface area (Å²) in [5, 5.41) is 9.97. The van der Waals surface area contributed by atoms with Crippen molar-refractivity contribution in [2.75, 3.05) is 4.72 Å². The summed E-state index contributed by atoms with van der Waals surface area (Å²) in [7, 11) is -4.10. The van der Waals surface area contributed by atoms with Gasteiger partial charge in [0.15, 0.2) is 0 Å². The van der Waals surface area contributed by atoms with Gasteiger partial charge in [0.05, 0.1) is 10.6 Å². The van der Waals surface area contributed by atoms with E-state index in [1.54, 1.807) is 0 Å². The maximum atomic E-state index is 12.6. The molecule has 0 bridgehead atoms. The molecule has 2 aromatic carbocycles. The lowest BCUT2D eigenvalue weighted by Gasteiger charge is -2.12. The summed E-state index contributed by atoms with van der Waals surface area (Å²) in [6.07, 6.45) is 0. The Morgan fingerprint density at radius 2 is 1.68 bits per heavy atom. The number of amides is 1. The topological polar surface area (TPSA) is 135 Å². The van der Waals surface area contributed by atoms with Crippen molar-refractivity contribution >= 4 is 21.9 Å². The largest absolute Gasteiger partial charge is 0.493 e. The number of hydrogen-bond acceptors (Lipinski definition) is 6. The smallest absolute Gasteiger partial charge is 0.264 e. The summed E-state index contributed by atoms with van der Waals surface area (Å²) < 4.78 is 27.5. The number of aryl methyl sites for hydroxylation is 2. The Labute approximate surface area is 162 Å². The maximum absolute atomic E-state index is 12.6. The van der Waals surface area contributed by atoms with E-state index in [2.05, 4.69) is 14.7 Å². The summed E-state index contributed by atoms with van der Waals surface area (Å²) >= 11 is 0. The fourth-order valence-corrected chi connectivity index (χ4v) is 3.81. The van der Waals surface area contributed by atoms with Gasteiger partial charge < -0.3 is 10.8 Å². The van der Waals surface area contributed by atoms with Crippen LogP contribution in [0, 0.1) is 13.8 Å². The van der Waals surface area contributed by atoms with E-state index in [1.807, 2.05) is 32.0 Å². The van der Waals surface area contributed by atoms with Gasteiger partial charge in [0, 0.05) is 17.2 Å². The number of anilines is 1. The second kappa shape index (κ2) is 7.28. The number of carbonyl (C=O) groups excluding carboxylic acids is 1. The second-order valence-corrected chi connectivity index (χ2v) is 7.88. The van der Waals surface area contributed by atoms with Crippen LogP contribution in [0.2, 0.25) is 0 Å². The van der Waals surface area contributed by atoms with E-state index in [0.29, 0.717) is 5.69 Å². The van der Waals surface area contributed by atoms with Gasteiger partial charge in [-0.05, 0) is 43.2 Å². The molecular formula is C19H18N4O4S. The van der Waals surface area contributed by atoms with Crippen LogP contribution in [0.15, 0.2) is 53.4 Å². The molecule has 0 fully saturated rings. The lowest BCUT2D eigenvalue weighted by atomic mass is 10.00. The van der Waals surface area contributed by atoms with Crippen molar-refractivity contribution in [2.24, 2.45) is 5.73 Å². The first kappa shape index (κ1) is 19.3. The molecular weight excluding hydrogens is 380 g/mol. The number of nitrogens with zero attached hydrogens (tertiary/aromatic N) is 2. The lowest BCUT2D eigenvalue weighted by Crippen LogP contribution is -2.17. The van der Waals surface area contributed by atoms with E-state index >= 15 is 0 Å². The molecule has 28 heavy (non-hydrogen) atoms. The molecule has 0 radical (unpaired) electrons. The molecule has 0 saturated heterocycles. The Balaban J connectivity index is 2.02. The third-order valence-electron chi connectivity index (χ3n) is 4.10. The SMILES string of the molecule is Cc1cccc(C)c1-c1cc(O)nc(NS(=O)(=O)c2cccc(C(N)=O)c2)n1. The van der Waals surface area contributed by atoms with Crippen molar-refractivity contribution in [3.63, 3.8) is 0 Å². The number of nitrogens with two attached hydrogens (primary N) is 1. The van der Waals surface area contributed by atoms with E-state index in [1.165, 1.54) is 24.3 Å². The van der Waals surface area contributed by atoms with Crippen molar-refractivity contribution in [1.82, 2.24) is 9.97 Å². The zero-order chi connectivity index (χ0) is 20.5. The minimum absolute atomic E-state index is 0.0518. The quantitative estimate of drug-likeness (QED) is 0.604. The van der Waals surface area contributed by atoms with Crippen molar-refractivity contribution in [2.45, 2.75) is 18.7 Å². The molecule has 4 N–H and O–H groups in total. The second-order valence-electron chi connectivity index (χ2n) is 6.20. The van der Waals surface area contributed by atoms with Gasteiger partial charge in [-0.25, -0.2) is 18.1 Å². The zero-order valence-electron chi connectivity index (χ0n) is 15.2. The number of primary amides is 1. The van der Waals surface area contributed by atoms with E-state index in [-0.39, 0.29) is 22.3 Å². The Hall–Kier alpha value is -3.46. The highest BCUT2D eigenvalue weighted by molar-refractivity contribution is 7.92. The van der Waals surface area contributed by atoms with Gasteiger partial charge in [-0.3, -0.25) is 4.79 Å². The molecule has 144 valence electrons. The zero-order valence-corrected chi connectivity index (χ0v) is 16.0. The molecule has 0 spiro atoms. The number of benzene rings is 2. The molecule has 0 aliphatic heterocycles. The minimum Gasteiger partial charge on any atom is -0.493 e. The summed E-state index contributed by atoms with van der Waals surface area (Å²) in [4.78, 5) is 19.1. The molecule has 1 amide bonds. The Kier molecular flexibility index (Phi) is 5.02. The highest BCUT2D eigenvalue weighted by Crippen LogP contribution is 2.28. The predicted octanol–water partition coefficient (Wildman–Crippen LogP) is 2.37. The first-order valence-electron chi connectivity index (χ1n) is 8.25. The van der Waals surface area contributed by atoms with Gasteiger partial charge in [0.1, 0.15) is 0 Å². The van der Waals surface area contributed by atoms with E-state index in [9.17, 15) is 18.3 Å². The summed E-state index contributed by atoms with van der Waals surface area (Å²) in [5.41, 5.74) is 8.24. The first-order valence-corrected chi connectivity index (χ1v) is 9.73. The molecule has 1 heterocycles. The van der Waals surface area contributed by atoms with Crippen molar-refractivity contribution in [3.8, 4) is 17.1 Å². The Bertz CT molecular complexity index is 1160. The molecule has 8 nitrogen and oxygen atoms in total. The van der Waals surface area contributed by atoms with Gasteiger partial charge >= 0.3 is 0 Å². The van der Waals surface area contributed by atoms with Gasteiger partial charge in [-0.1, -0.05) is 24.3 Å². The summed E-state index contributed by atoms with van der Waals surface area (Å²) in [6, 6.07) is 12.3. The van der Waals surface area contributed by atoms with Crippen LogP contribution in [0.4, 0.5) is 5.95 Å². The fourth-order valence-electron chi connectivity index (χ4n) is 2.82. The van der Waals surface area contributed by atoms with Crippen LogP contribution in [-0.4, -0.2) is 29.4 Å². The first-order chi connectivity index (χ1) is 13.2. The summed E-state index contributed by atoms with van der Waals surface area (Å²) in [6.45, 7) is 3.78. The molecule has 0 aliphatic carbocycles. The molecule has 3 rings (SSSR count). The van der Waals surface area contributed by atoms with Crippen LogP contribution >= 0.6 is 0 Å². The third kappa shape index (κ3) is 3.94. The number of nitrogens with one attached hydrogen (secondary N) is 1. The predicted molar refractivity (Wildman–Crippen MR) is 104 cm³/mol. The highest BCUT2D eigenvalue weighted by Gasteiger charge is 2.19. The molecule has 0 aliphatic rings. The van der Waals surface area contributed by atoms with Crippen LogP contribution in [0.1, 0.15) is 21.5 Å². The van der Waals surface area contributed by atoms with Crippen LogP contribution in [-0.2, 0) is 10.0 Å². The summed E-state index contributed by atoms with van der Waals surface area (Å²) in [5.74, 6) is -1.42. The number of aromatic nitrogens is 2. The average molecular weight is 398 g/mol. The minimum atomic E-state index is -4.10. The number of hydrogen-bond donors (Lipinski definition) is 3. The normalized spacial score (nSPS) is 11.2. The number of rotatable bonds is 5. The molecule has 0 unspecified atom stereocenters. The molecule has 0 saturated carbocycles. The van der Waals surface area contributed by atoms with Crippen LogP contribution in [0.5, 0.6) is 5.88 Å². The standard InChI is InChI=1S/C19H18N4O4S/c1-11-5-3-6-12(2)17(11)15-10-16(24)22-19(21-15)23-28(26,27)14-8-4-7-13(9-14)18(20)25/h3-10H,1-2H3,(H2,20,25)(H2,21,22,23,24). The van der Waals surface area contributed by atoms with Gasteiger partial charge in [-0.2, -0.15) is 4.98 Å². The maximum Gasteiger partial charge on any atom is 0.264 e. The Morgan fingerprint density at radius 1 is 1.04 bits per heavy atom. The molecule has 9 heteroatoms. The monoisotopic (exact) mass is 398 g/mol. The average Bonchev–Trinajstić information content (AvgIpc) is 2.61. The van der Waals surface area contributed by atoms with E-state index in [4.69, 9.17) is 5.73 Å². The number of sulfonamides is 1. The Morgan fingerprint density at radius 3 is 2.32 bits per heavy atom. The molecule has 1 aromatic heterocycles. The highest BCUT2D eigenvalue weighted by atomic mass is 32.2. The van der Waals surface area contributed by atoms with Gasteiger partial charge in [0.2, 0.25) is 17.7 Å². The van der Waals surface area contributed by atoms with E-state index < -0.39 is 15.9 Å². The van der Waals surface area contributed by atoms with Gasteiger partial charge in [-0.15, -0.1) is 0 Å². The molecule has 3 aromatic rings. The number of carbonyl (C=O) groups is 1. The lowest BCUT2D eigenvalue weighted by molar-refractivity contribution is 0.1000. The fraction of sp³-hybridized carbons (Fsp3) is 0.105. The van der Waals surface area contributed by atoms with Crippen molar-refractivity contribution < 1.29 is 18.3 Å². The van der Waals surface area contributed by atoms with Crippen molar-refractivity contribution in [3.05, 3.63) is 65.2 Å². The van der Waals surface area contributed by atoms with Crippen LogP contribution in [0.3, 0.4) is 0 Å². The van der Waals surface area contributed by atoms with Gasteiger partial charge in [0.25, 0.3) is 10.0 Å². The van der Waals surface area contributed by atoms with Crippen molar-refractivity contribution in [1.29, 1.82) is 0 Å². The van der Waals surface area contributed by atoms with Crippen LogP contribution < -0.4 is 10.5 Å². The third-order valence-corrected chi connectivity index (χ3v) is 5.43.